The van der Waals surface area contributed by atoms with Crippen LogP contribution in [0.4, 0.5) is 5.69 Å². The SMILES string of the molecule is Cc1cccc(N2C(=O)[C@@H](N)[C@@H]2c2ccc(Cl)cc2)c1. The molecule has 3 nitrogen and oxygen atoms in total. The summed E-state index contributed by atoms with van der Waals surface area (Å²) in [6.45, 7) is 2.00. The number of halogens is 1. The van der Waals surface area contributed by atoms with Gasteiger partial charge in [-0.1, -0.05) is 35.9 Å². The molecule has 2 aromatic carbocycles. The fourth-order valence-corrected chi connectivity index (χ4v) is 2.72. The number of benzene rings is 2. The zero-order valence-corrected chi connectivity index (χ0v) is 11.8. The lowest BCUT2D eigenvalue weighted by Crippen LogP contribution is -2.63. The molecule has 1 heterocycles. The Bertz CT molecular complexity index is 654. The van der Waals surface area contributed by atoms with Gasteiger partial charge in [0.1, 0.15) is 6.04 Å². The van der Waals surface area contributed by atoms with Crippen LogP contribution in [0.5, 0.6) is 0 Å². The molecule has 0 bridgehead atoms. The molecule has 0 unspecified atom stereocenters. The number of β-lactam (4-membered cyclic amide) rings is 1. The molecule has 3 rings (SSSR count). The molecule has 0 spiro atoms. The van der Waals surface area contributed by atoms with E-state index in [-0.39, 0.29) is 11.9 Å². The van der Waals surface area contributed by atoms with Gasteiger partial charge in [-0.05, 0) is 42.3 Å². The van der Waals surface area contributed by atoms with E-state index in [1.807, 2.05) is 55.5 Å². The zero-order chi connectivity index (χ0) is 14.3. The van der Waals surface area contributed by atoms with Crippen molar-refractivity contribution in [3.05, 3.63) is 64.7 Å². The van der Waals surface area contributed by atoms with Crippen molar-refractivity contribution in [2.75, 3.05) is 4.90 Å². The number of hydrogen-bond donors (Lipinski definition) is 1. The van der Waals surface area contributed by atoms with Crippen molar-refractivity contribution in [3.8, 4) is 0 Å². The average Bonchev–Trinajstić information content (AvgIpc) is 2.45. The van der Waals surface area contributed by atoms with Gasteiger partial charge in [0.2, 0.25) is 5.91 Å². The summed E-state index contributed by atoms with van der Waals surface area (Å²) >= 11 is 5.90. The van der Waals surface area contributed by atoms with Crippen molar-refractivity contribution >= 4 is 23.2 Å². The normalized spacial score (nSPS) is 21.8. The Morgan fingerprint density at radius 2 is 1.85 bits per heavy atom. The van der Waals surface area contributed by atoms with Crippen molar-refractivity contribution in [2.24, 2.45) is 5.73 Å². The Kier molecular flexibility index (Phi) is 3.24. The van der Waals surface area contributed by atoms with Crippen molar-refractivity contribution in [1.82, 2.24) is 0 Å². The molecule has 0 radical (unpaired) electrons. The van der Waals surface area contributed by atoms with E-state index in [1.54, 1.807) is 4.90 Å². The van der Waals surface area contributed by atoms with E-state index in [0.717, 1.165) is 16.8 Å². The van der Waals surface area contributed by atoms with Crippen LogP contribution in [0.1, 0.15) is 17.2 Å². The van der Waals surface area contributed by atoms with E-state index in [0.29, 0.717) is 5.02 Å². The molecule has 20 heavy (non-hydrogen) atoms. The maximum atomic E-state index is 12.1. The Hall–Kier alpha value is -1.84. The predicted molar refractivity (Wildman–Crippen MR) is 80.8 cm³/mol. The van der Waals surface area contributed by atoms with Crippen molar-refractivity contribution in [1.29, 1.82) is 0 Å². The number of anilines is 1. The molecular weight excluding hydrogens is 272 g/mol. The average molecular weight is 287 g/mol. The number of nitrogens with two attached hydrogens (primary N) is 1. The number of carbonyl (C=O) groups is 1. The molecule has 0 aromatic heterocycles. The van der Waals surface area contributed by atoms with Crippen LogP contribution in [0.25, 0.3) is 0 Å². The highest BCUT2D eigenvalue weighted by molar-refractivity contribution is 6.30. The van der Waals surface area contributed by atoms with Crippen molar-refractivity contribution in [2.45, 2.75) is 19.0 Å². The fourth-order valence-electron chi connectivity index (χ4n) is 2.59. The quantitative estimate of drug-likeness (QED) is 0.863. The van der Waals surface area contributed by atoms with Gasteiger partial charge in [-0.25, -0.2) is 0 Å². The molecule has 1 saturated heterocycles. The third kappa shape index (κ3) is 2.09. The highest BCUT2D eigenvalue weighted by atomic mass is 35.5. The number of hydrogen-bond acceptors (Lipinski definition) is 2. The number of carbonyl (C=O) groups excluding carboxylic acids is 1. The van der Waals surface area contributed by atoms with Crippen LogP contribution in [0, 0.1) is 6.92 Å². The van der Waals surface area contributed by atoms with Crippen LogP contribution in [-0.2, 0) is 4.79 Å². The van der Waals surface area contributed by atoms with Crippen molar-refractivity contribution in [3.63, 3.8) is 0 Å². The molecule has 4 heteroatoms. The largest absolute Gasteiger partial charge is 0.318 e. The molecule has 2 aromatic rings. The maximum absolute atomic E-state index is 12.1. The summed E-state index contributed by atoms with van der Waals surface area (Å²) in [7, 11) is 0. The molecule has 1 fully saturated rings. The van der Waals surface area contributed by atoms with E-state index in [9.17, 15) is 4.79 Å². The zero-order valence-electron chi connectivity index (χ0n) is 11.1. The standard InChI is InChI=1S/C16H15ClN2O/c1-10-3-2-4-13(9-10)19-15(14(18)16(19)20)11-5-7-12(17)8-6-11/h2-9,14-15H,18H2,1H3/t14-,15-/m0/s1. The smallest absolute Gasteiger partial charge is 0.247 e. The summed E-state index contributed by atoms with van der Waals surface area (Å²) in [6, 6.07) is 14.7. The first-order chi connectivity index (χ1) is 9.58. The summed E-state index contributed by atoms with van der Waals surface area (Å²) in [6.07, 6.45) is 0. The minimum atomic E-state index is -0.489. The minimum absolute atomic E-state index is 0.0458. The van der Waals surface area contributed by atoms with Gasteiger partial charge in [0.25, 0.3) is 0 Å². The van der Waals surface area contributed by atoms with E-state index in [2.05, 4.69) is 0 Å². The fraction of sp³-hybridized carbons (Fsp3) is 0.188. The molecule has 1 amide bonds. The van der Waals surface area contributed by atoms with E-state index >= 15 is 0 Å². The van der Waals surface area contributed by atoms with Gasteiger partial charge in [-0.2, -0.15) is 0 Å². The third-order valence-electron chi connectivity index (χ3n) is 3.63. The molecule has 102 valence electrons. The van der Waals surface area contributed by atoms with E-state index in [4.69, 9.17) is 17.3 Å². The van der Waals surface area contributed by atoms with Crippen molar-refractivity contribution < 1.29 is 4.79 Å². The summed E-state index contributed by atoms with van der Waals surface area (Å²) in [5, 5.41) is 0.676. The number of nitrogens with zero attached hydrogens (tertiary/aromatic N) is 1. The Labute approximate surface area is 123 Å². The molecule has 1 aliphatic heterocycles. The van der Waals surface area contributed by atoms with Gasteiger partial charge in [-0.3, -0.25) is 4.79 Å². The number of aryl methyl sites for hydroxylation is 1. The first kappa shape index (κ1) is 13.2. The highest BCUT2D eigenvalue weighted by Gasteiger charge is 2.46. The first-order valence-electron chi connectivity index (χ1n) is 6.49. The lowest BCUT2D eigenvalue weighted by molar-refractivity contribution is -0.126. The van der Waals surface area contributed by atoms with E-state index < -0.39 is 6.04 Å². The van der Waals surface area contributed by atoms with Crippen LogP contribution < -0.4 is 10.6 Å². The monoisotopic (exact) mass is 286 g/mol. The Morgan fingerprint density at radius 3 is 2.50 bits per heavy atom. The van der Waals surface area contributed by atoms with Crippen LogP contribution >= 0.6 is 11.6 Å². The number of amides is 1. The summed E-state index contributed by atoms with van der Waals surface area (Å²) in [5.74, 6) is -0.0458. The number of rotatable bonds is 2. The lowest BCUT2D eigenvalue weighted by atomic mass is 9.88. The van der Waals surface area contributed by atoms with Gasteiger partial charge < -0.3 is 10.6 Å². The Balaban J connectivity index is 1.97. The molecule has 0 saturated carbocycles. The van der Waals surface area contributed by atoms with Gasteiger partial charge in [-0.15, -0.1) is 0 Å². The molecule has 0 aliphatic carbocycles. The lowest BCUT2D eigenvalue weighted by Gasteiger charge is -2.45. The molecule has 2 atom stereocenters. The third-order valence-corrected chi connectivity index (χ3v) is 3.88. The predicted octanol–water partition coefficient (Wildman–Crippen LogP) is 3.06. The Morgan fingerprint density at radius 1 is 1.15 bits per heavy atom. The molecular formula is C16H15ClN2O. The second-order valence-corrected chi connectivity index (χ2v) is 5.51. The van der Waals surface area contributed by atoms with Gasteiger partial charge >= 0.3 is 0 Å². The van der Waals surface area contributed by atoms with Crippen LogP contribution in [-0.4, -0.2) is 11.9 Å². The summed E-state index contributed by atoms with van der Waals surface area (Å²) in [4.78, 5) is 13.8. The van der Waals surface area contributed by atoms with Crippen LogP contribution in [0.15, 0.2) is 48.5 Å². The maximum Gasteiger partial charge on any atom is 0.247 e. The second-order valence-electron chi connectivity index (χ2n) is 5.07. The van der Waals surface area contributed by atoms with Crippen LogP contribution in [0.2, 0.25) is 5.02 Å². The highest BCUT2D eigenvalue weighted by Crippen LogP contribution is 2.38. The van der Waals surface area contributed by atoms with Gasteiger partial charge in [0.05, 0.1) is 6.04 Å². The topological polar surface area (TPSA) is 46.3 Å². The molecule has 2 N–H and O–H groups in total. The van der Waals surface area contributed by atoms with E-state index in [1.165, 1.54) is 0 Å². The molecule has 1 aliphatic rings. The minimum Gasteiger partial charge on any atom is -0.318 e. The summed E-state index contributed by atoms with van der Waals surface area (Å²) < 4.78 is 0. The first-order valence-corrected chi connectivity index (χ1v) is 6.86. The van der Waals surface area contributed by atoms with Gasteiger partial charge in [0, 0.05) is 10.7 Å². The second kappa shape index (κ2) is 4.93. The van der Waals surface area contributed by atoms with Crippen LogP contribution in [0.3, 0.4) is 0 Å². The summed E-state index contributed by atoms with van der Waals surface area (Å²) in [5.41, 5.74) is 8.98. The van der Waals surface area contributed by atoms with Gasteiger partial charge in [0.15, 0.2) is 0 Å².